The molecule has 124 valence electrons. The molecule has 0 saturated heterocycles. The average Bonchev–Trinajstić information content (AvgIpc) is 2.49. The fourth-order valence-corrected chi connectivity index (χ4v) is 2.32. The van der Waals surface area contributed by atoms with Crippen molar-refractivity contribution in [3.05, 3.63) is 40.6 Å². The standard InChI is InChI=1S/C18H25N3O2/c1-5-23-8-6-7-20-18(22)16(11-19)12-21-17-14(3)9-13(2)10-15(17)4/h9-10,12,21H,5-8H2,1-4H3,(H,20,22)/b16-12-. The van der Waals surface area contributed by atoms with E-state index in [4.69, 9.17) is 10.00 Å². The highest BCUT2D eigenvalue weighted by Crippen LogP contribution is 2.22. The Bertz CT molecular complexity index is 592. The molecule has 5 heteroatoms. The van der Waals surface area contributed by atoms with Crippen LogP contribution in [-0.2, 0) is 9.53 Å². The highest BCUT2D eigenvalue weighted by molar-refractivity contribution is 5.97. The van der Waals surface area contributed by atoms with Gasteiger partial charge in [0.25, 0.3) is 5.91 Å². The molecule has 0 aliphatic heterocycles. The summed E-state index contributed by atoms with van der Waals surface area (Å²) in [6, 6.07) is 6.05. The van der Waals surface area contributed by atoms with Gasteiger partial charge in [0.2, 0.25) is 0 Å². The van der Waals surface area contributed by atoms with E-state index in [0.717, 1.165) is 23.2 Å². The van der Waals surface area contributed by atoms with Crippen LogP contribution in [0.3, 0.4) is 0 Å². The molecule has 2 N–H and O–H groups in total. The van der Waals surface area contributed by atoms with Crippen LogP contribution in [0.1, 0.15) is 30.0 Å². The van der Waals surface area contributed by atoms with Gasteiger partial charge in [0.1, 0.15) is 11.6 Å². The summed E-state index contributed by atoms with van der Waals surface area (Å²) in [5.74, 6) is -0.376. The Balaban J connectivity index is 2.66. The molecule has 0 aliphatic rings. The highest BCUT2D eigenvalue weighted by Gasteiger charge is 2.09. The maximum atomic E-state index is 12.0. The van der Waals surface area contributed by atoms with E-state index in [2.05, 4.69) is 22.8 Å². The summed E-state index contributed by atoms with van der Waals surface area (Å²) in [7, 11) is 0. The minimum absolute atomic E-state index is 0.0563. The van der Waals surface area contributed by atoms with Gasteiger partial charge in [-0.2, -0.15) is 5.26 Å². The molecule has 1 aromatic rings. The third kappa shape index (κ3) is 6.13. The fourth-order valence-electron chi connectivity index (χ4n) is 2.32. The van der Waals surface area contributed by atoms with E-state index in [-0.39, 0.29) is 11.5 Å². The number of nitriles is 1. The van der Waals surface area contributed by atoms with Crippen LogP contribution < -0.4 is 10.6 Å². The van der Waals surface area contributed by atoms with Crippen LogP contribution in [0, 0.1) is 32.1 Å². The first-order valence-electron chi connectivity index (χ1n) is 7.80. The van der Waals surface area contributed by atoms with Gasteiger partial charge in [-0.3, -0.25) is 4.79 Å². The average molecular weight is 315 g/mol. The smallest absolute Gasteiger partial charge is 0.263 e. The molecule has 0 atom stereocenters. The monoisotopic (exact) mass is 315 g/mol. The zero-order valence-corrected chi connectivity index (χ0v) is 14.3. The van der Waals surface area contributed by atoms with Crippen molar-refractivity contribution in [2.75, 3.05) is 25.1 Å². The molecule has 0 bridgehead atoms. The molecule has 0 unspecified atom stereocenters. The van der Waals surface area contributed by atoms with Crippen LogP contribution in [-0.4, -0.2) is 25.7 Å². The Hall–Kier alpha value is -2.32. The van der Waals surface area contributed by atoms with E-state index in [9.17, 15) is 4.79 Å². The van der Waals surface area contributed by atoms with E-state index in [1.807, 2.05) is 33.8 Å². The zero-order chi connectivity index (χ0) is 17.2. The minimum atomic E-state index is -0.376. The number of nitrogens with zero attached hydrogens (tertiary/aromatic N) is 1. The van der Waals surface area contributed by atoms with Crippen LogP contribution in [0.25, 0.3) is 0 Å². The summed E-state index contributed by atoms with van der Waals surface area (Å²) in [5, 5.41) is 15.0. The van der Waals surface area contributed by atoms with Gasteiger partial charge in [0, 0.05) is 31.6 Å². The molecule has 0 heterocycles. The second-order valence-corrected chi connectivity index (χ2v) is 5.39. The Labute approximate surface area is 138 Å². The molecule has 0 saturated carbocycles. The quantitative estimate of drug-likeness (QED) is 0.439. The Morgan fingerprint density at radius 1 is 1.30 bits per heavy atom. The van der Waals surface area contributed by atoms with Crippen LogP contribution in [0.5, 0.6) is 0 Å². The number of hydrogen-bond acceptors (Lipinski definition) is 4. The lowest BCUT2D eigenvalue weighted by Gasteiger charge is -2.11. The predicted octanol–water partition coefficient (Wildman–Crippen LogP) is 2.97. The second-order valence-electron chi connectivity index (χ2n) is 5.39. The van der Waals surface area contributed by atoms with E-state index < -0.39 is 0 Å². The van der Waals surface area contributed by atoms with Crippen molar-refractivity contribution >= 4 is 11.6 Å². The van der Waals surface area contributed by atoms with Gasteiger partial charge in [0.05, 0.1) is 0 Å². The van der Waals surface area contributed by atoms with E-state index in [1.54, 1.807) is 0 Å². The van der Waals surface area contributed by atoms with E-state index in [0.29, 0.717) is 19.8 Å². The molecular weight excluding hydrogens is 290 g/mol. The number of ether oxygens (including phenoxy) is 1. The Morgan fingerprint density at radius 2 is 1.96 bits per heavy atom. The van der Waals surface area contributed by atoms with Crippen LogP contribution in [0.2, 0.25) is 0 Å². The van der Waals surface area contributed by atoms with Crippen LogP contribution >= 0.6 is 0 Å². The van der Waals surface area contributed by atoms with E-state index >= 15 is 0 Å². The number of nitrogens with one attached hydrogen (secondary N) is 2. The number of amides is 1. The maximum Gasteiger partial charge on any atom is 0.263 e. The first kappa shape index (κ1) is 18.7. The predicted molar refractivity (Wildman–Crippen MR) is 92.1 cm³/mol. The topological polar surface area (TPSA) is 74.1 Å². The molecule has 23 heavy (non-hydrogen) atoms. The Morgan fingerprint density at radius 3 is 2.52 bits per heavy atom. The van der Waals surface area contributed by atoms with Gasteiger partial charge in [-0.25, -0.2) is 0 Å². The van der Waals surface area contributed by atoms with Crippen molar-refractivity contribution in [2.24, 2.45) is 0 Å². The summed E-state index contributed by atoms with van der Waals surface area (Å²) in [5.41, 5.74) is 4.32. The number of anilines is 1. The lowest BCUT2D eigenvalue weighted by atomic mass is 10.1. The Kier molecular flexibility index (Phi) is 7.86. The lowest BCUT2D eigenvalue weighted by Crippen LogP contribution is -2.26. The number of carbonyl (C=O) groups excluding carboxylic acids is 1. The maximum absolute atomic E-state index is 12.0. The third-order valence-electron chi connectivity index (χ3n) is 3.36. The molecule has 0 radical (unpaired) electrons. The molecular formula is C18H25N3O2. The number of aryl methyl sites for hydroxylation is 3. The molecule has 0 spiro atoms. The SMILES string of the molecule is CCOCCCNC(=O)/C(C#N)=C\Nc1c(C)cc(C)cc1C. The summed E-state index contributed by atoms with van der Waals surface area (Å²) >= 11 is 0. The highest BCUT2D eigenvalue weighted by atomic mass is 16.5. The van der Waals surface area contributed by atoms with Crippen molar-refractivity contribution in [2.45, 2.75) is 34.1 Å². The van der Waals surface area contributed by atoms with Crippen molar-refractivity contribution in [1.82, 2.24) is 5.32 Å². The van der Waals surface area contributed by atoms with E-state index in [1.165, 1.54) is 11.8 Å². The van der Waals surface area contributed by atoms with Crippen molar-refractivity contribution in [1.29, 1.82) is 5.26 Å². The number of rotatable bonds is 8. The molecule has 1 aromatic carbocycles. The summed E-state index contributed by atoms with van der Waals surface area (Å²) in [4.78, 5) is 12.0. The molecule has 0 aliphatic carbocycles. The van der Waals surface area contributed by atoms with Crippen molar-refractivity contribution in [3.8, 4) is 6.07 Å². The first-order valence-corrected chi connectivity index (χ1v) is 7.80. The van der Waals surface area contributed by atoms with Crippen LogP contribution in [0.4, 0.5) is 5.69 Å². The lowest BCUT2D eigenvalue weighted by molar-refractivity contribution is -0.117. The molecule has 0 fully saturated rings. The number of benzene rings is 1. The number of carbonyl (C=O) groups is 1. The van der Waals surface area contributed by atoms with Crippen molar-refractivity contribution in [3.63, 3.8) is 0 Å². The fraction of sp³-hybridized carbons (Fsp3) is 0.444. The zero-order valence-electron chi connectivity index (χ0n) is 14.3. The van der Waals surface area contributed by atoms with Gasteiger partial charge >= 0.3 is 0 Å². The number of hydrogen-bond donors (Lipinski definition) is 2. The second kappa shape index (κ2) is 9.65. The van der Waals surface area contributed by atoms with Crippen LogP contribution in [0.15, 0.2) is 23.9 Å². The van der Waals surface area contributed by atoms with Gasteiger partial charge in [-0.1, -0.05) is 17.7 Å². The third-order valence-corrected chi connectivity index (χ3v) is 3.36. The van der Waals surface area contributed by atoms with Gasteiger partial charge in [-0.15, -0.1) is 0 Å². The minimum Gasteiger partial charge on any atom is -0.382 e. The summed E-state index contributed by atoms with van der Waals surface area (Å²) in [6.07, 6.45) is 2.18. The molecule has 1 rings (SSSR count). The normalized spacial score (nSPS) is 11.0. The largest absolute Gasteiger partial charge is 0.382 e. The van der Waals surface area contributed by atoms with Crippen molar-refractivity contribution < 1.29 is 9.53 Å². The van der Waals surface area contributed by atoms with Gasteiger partial charge in [0.15, 0.2) is 0 Å². The molecule has 0 aromatic heterocycles. The van der Waals surface area contributed by atoms with Gasteiger partial charge in [-0.05, 0) is 45.2 Å². The summed E-state index contributed by atoms with van der Waals surface area (Å²) < 4.78 is 5.20. The van der Waals surface area contributed by atoms with Gasteiger partial charge < -0.3 is 15.4 Å². The first-order chi connectivity index (χ1) is 11.0. The summed E-state index contributed by atoms with van der Waals surface area (Å²) in [6.45, 7) is 9.71. The molecule has 1 amide bonds. The molecule has 5 nitrogen and oxygen atoms in total.